The average molecular weight is 278 g/mol. The summed E-state index contributed by atoms with van der Waals surface area (Å²) in [6, 6.07) is 6.17. The van der Waals surface area contributed by atoms with E-state index in [4.69, 9.17) is 15.6 Å². The molecule has 1 unspecified atom stereocenters. The van der Waals surface area contributed by atoms with E-state index in [1.807, 2.05) is 6.07 Å². The van der Waals surface area contributed by atoms with Crippen LogP contribution in [0.1, 0.15) is 26.3 Å². The van der Waals surface area contributed by atoms with Gasteiger partial charge in [0.2, 0.25) is 0 Å². The zero-order chi connectivity index (χ0) is 14.8. The Morgan fingerprint density at radius 3 is 2.85 bits per heavy atom. The molecule has 0 amide bonds. The number of fused-ring (bicyclic) bond motifs is 1. The van der Waals surface area contributed by atoms with Gasteiger partial charge in [0, 0.05) is 23.5 Å². The van der Waals surface area contributed by atoms with Crippen LogP contribution in [0.3, 0.4) is 0 Å². The van der Waals surface area contributed by atoms with Crippen molar-refractivity contribution >= 4 is 11.4 Å². The van der Waals surface area contributed by atoms with Crippen molar-refractivity contribution in [3.63, 3.8) is 0 Å². The molecule has 2 rings (SSSR count). The Kier molecular flexibility index (Phi) is 4.55. The molecule has 0 radical (unpaired) electrons. The second kappa shape index (κ2) is 6.02. The van der Waals surface area contributed by atoms with Gasteiger partial charge in [0.1, 0.15) is 0 Å². The summed E-state index contributed by atoms with van der Waals surface area (Å²) >= 11 is 0. The van der Waals surface area contributed by atoms with Crippen molar-refractivity contribution < 1.29 is 9.84 Å². The minimum atomic E-state index is 0.0763. The first kappa shape index (κ1) is 15.1. The molecule has 0 saturated heterocycles. The molecule has 0 fully saturated rings. The van der Waals surface area contributed by atoms with Crippen LogP contribution in [-0.2, 0) is 11.2 Å². The number of aliphatic hydroxyl groups is 1. The molecule has 0 aromatic heterocycles. The maximum Gasteiger partial charge on any atom is 0.0698 e. The molecule has 0 bridgehead atoms. The van der Waals surface area contributed by atoms with E-state index >= 15 is 0 Å². The molecule has 4 nitrogen and oxygen atoms in total. The largest absolute Gasteiger partial charge is 0.399 e. The summed E-state index contributed by atoms with van der Waals surface area (Å²) < 4.78 is 5.44. The van der Waals surface area contributed by atoms with Crippen LogP contribution >= 0.6 is 0 Å². The molecule has 1 aliphatic heterocycles. The molecule has 1 aromatic rings. The third-order valence-electron chi connectivity index (χ3n) is 4.52. The average Bonchev–Trinajstić information content (AvgIpc) is 2.39. The van der Waals surface area contributed by atoms with Gasteiger partial charge in [-0.2, -0.15) is 0 Å². The third kappa shape index (κ3) is 2.91. The molecule has 1 atom stereocenters. The molecular weight excluding hydrogens is 252 g/mol. The molecule has 0 spiro atoms. The lowest BCUT2D eigenvalue weighted by molar-refractivity contribution is 0.0928. The number of anilines is 2. The lowest BCUT2D eigenvalue weighted by Crippen LogP contribution is -2.53. The number of ether oxygens (including phenoxy) is 1. The lowest BCUT2D eigenvalue weighted by Gasteiger charge is -2.49. The minimum Gasteiger partial charge on any atom is -0.399 e. The molecule has 0 saturated carbocycles. The predicted molar refractivity (Wildman–Crippen MR) is 83.1 cm³/mol. The van der Waals surface area contributed by atoms with Crippen molar-refractivity contribution in [2.24, 2.45) is 5.92 Å². The number of nitrogens with zero attached hydrogens (tertiary/aromatic N) is 1. The monoisotopic (exact) mass is 278 g/mol. The van der Waals surface area contributed by atoms with E-state index in [-0.39, 0.29) is 12.1 Å². The number of nitrogens with two attached hydrogens (primary N) is 1. The first-order valence-electron chi connectivity index (χ1n) is 7.31. The van der Waals surface area contributed by atoms with Gasteiger partial charge in [0.25, 0.3) is 0 Å². The predicted octanol–water partition coefficient (Wildman–Crippen LogP) is 2.05. The summed E-state index contributed by atoms with van der Waals surface area (Å²) in [4.78, 5) is 2.41. The standard InChI is InChI=1S/C16H26N2O2/c1-12-10-13-11-14(17)4-5-15(13)18(16(12,2)3)6-8-20-9-7-19/h4-5,11-12,19H,6-10,17H2,1-3H3. The van der Waals surface area contributed by atoms with Gasteiger partial charge >= 0.3 is 0 Å². The number of aliphatic hydroxyl groups excluding tert-OH is 1. The van der Waals surface area contributed by atoms with Crippen LogP contribution in [0.15, 0.2) is 18.2 Å². The smallest absolute Gasteiger partial charge is 0.0698 e. The highest BCUT2D eigenvalue weighted by molar-refractivity contribution is 5.63. The van der Waals surface area contributed by atoms with Crippen molar-refractivity contribution in [1.82, 2.24) is 0 Å². The van der Waals surface area contributed by atoms with Gasteiger partial charge in [-0.05, 0) is 49.9 Å². The highest BCUT2D eigenvalue weighted by atomic mass is 16.5. The van der Waals surface area contributed by atoms with Gasteiger partial charge in [0.05, 0.1) is 19.8 Å². The van der Waals surface area contributed by atoms with Crippen molar-refractivity contribution in [2.75, 3.05) is 37.0 Å². The van der Waals surface area contributed by atoms with Crippen molar-refractivity contribution in [3.8, 4) is 0 Å². The number of hydrogen-bond acceptors (Lipinski definition) is 4. The molecule has 112 valence electrons. The summed E-state index contributed by atoms with van der Waals surface area (Å²) in [5.74, 6) is 0.551. The van der Waals surface area contributed by atoms with E-state index in [1.54, 1.807) is 0 Å². The van der Waals surface area contributed by atoms with Gasteiger partial charge < -0.3 is 20.5 Å². The van der Waals surface area contributed by atoms with Crippen LogP contribution in [-0.4, -0.2) is 37.0 Å². The summed E-state index contributed by atoms with van der Waals surface area (Å²) in [6.07, 6.45) is 1.06. The summed E-state index contributed by atoms with van der Waals surface area (Å²) in [5, 5.41) is 8.78. The van der Waals surface area contributed by atoms with Crippen LogP contribution in [0.5, 0.6) is 0 Å². The first-order valence-corrected chi connectivity index (χ1v) is 7.31. The van der Waals surface area contributed by atoms with E-state index in [9.17, 15) is 0 Å². The van der Waals surface area contributed by atoms with E-state index in [0.717, 1.165) is 18.7 Å². The van der Waals surface area contributed by atoms with E-state index in [2.05, 4.69) is 37.8 Å². The van der Waals surface area contributed by atoms with Gasteiger partial charge in [-0.25, -0.2) is 0 Å². The van der Waals surface area contributed by atoms with Gasteiger partial charge in [-0.1, -0.05) is 6.92 Å². The highest BCUT2D eigenvalue weighted by Gasteiger charge is 2.37. The molecule has 1 aromatic carbocycles. The van der Waals surface area contributed by atoms with Crippen molar-refractivity contribution in [2.45, 2.75) is 32.7 Å². The molecule has 3 N–H and O–H groups in total. The SMILES string of the molecule is CC1Cc2cc(N)ccc2N(CCOCCO)C1(C)C. The summed E-state index contributed by atoms with van der Waals surface area (Å²) in [7, 11) is 0. The fourth-order valence-electron chi connectivity index (χ4n) is 2.92. The topological polar surface area (TPSA) is 58.7 Å². The lowest BCUT2D eigenvalue weighted by atomic mass is 9.78. The fourth-order valence-corrected chi connectivity index (χ4v) is 2.92. The minimum absolute atomic E-state index is 0.0763. The summed E-state index contributed by atoms with van der Waals surface area (Å²) in [6.45, 7) is 8.78. The van der Waals surface area contributed by atoms with Crippen LogP contribution in [0.4, 0.5) is 11.4 Å². The van der Waals surface area contributed by atoms with Crippen molar-refractivity contribution in [1.29, 1.82) is 0 Å². The van der Waals surface area contributed by atoms with Crippen molar-refractivity contribution in [3.05, 3.63) is 23.8 Å². The molecular formula is C16H26N2O2. The highest BCUT2D eigenvalue weighted by Crippen LogP contribution is 2.40. The number of hydrogen-bond donors (Lipinski definition) is 2. The van der Waals surface area contributed by atoms with E-state index < -0.39 is 0 Å². The number of nitrogen functional groups attached to an aromatic ring is 1. The van der Waals surface area contributed by atoms with Gasteiger partial charge in [-0.3, -0.25) is 0 Å². The van der Waals surface area contributed by atoms with Crippen LogP contribution in [0.2, 0.25) is 0 Å². The zero-order valence-corrected chi connectivity index (χ0v) is 12.7. The Labute approximate surface area is 121 Å². The zero-order valence-electron chi connectivity index (χ0n) is 12.7. The molecule has 0 aliphatic carbocycles. The Bertz CT molecular complexity index is 460. The second-order valence-corrected chi connectivity index (χ2v) is 6.13. The molecule has 1 heterocycles. The Balaban J connectivity index is 2.22. The maximum atomic E-state index is 8.78. The fraction of sp³-hybridized carbons (Fsp3) is 0.625. The second-order valence-electron chi connectivity index (χ2n) is 6.13. The summed E-state index contributed by atoms with van der Waals surface area (Å²) in [5.41, 5.74) is 9.40. The normalized spacial score (nSPS) is 20.8. The van der Waals surface area contributed by atoms with E-state index in [1.165, 1.54) is 11.3 Å². The van der Waals surface area contributed by atoms with Crippen LogP contribution in [0.25, 0.3) is 0 Å². The molecule has 20 heavy (non-hydrogen) atoms. The third-order valence-corrected chi connectivity index (χ3v) is 4.52. The Morgan fingerprint density at radius 2 is 2.15 bits per heavy atom. The van der Waals surface area contributed by atoms with Crippen LogP contribution < -0.4 is 10.6 Å². The molecule has 4 heteroatoms. The molecule has 1 aliphatic rings. The van der Waals surface area contributed by atoms with Gasteiger partial charge in [-0.15, -0.1) is 0 Å². The maximum absolute atomic E-state index is 8.78. The Hall–Kier alpha value is -1.26. The number of benzene rings is 1. The first-order chi connectivity index (χ1) is 9.46. The Morgan fingerprint density at radius 1 is 1.40 bits per heavy atom. The number of rotatable bonds is 5. The van der Waals surface area contributed by atoms with Crippen LogP contribution in [0, 0.1) is 5.92 Å². The van der Waals surface area contributed by atoms with E-state index in [0.29, 0.717) is 19.1 Å². The quantitative estimate of drug-likeness (QED) is 0.639. The van der Waals surface area contributed by atoms with Gasteiger partial charge in [0.15, 0.2) is 0 Å².